The van der Waals surface area contributed by atoms with Crippen LogP contribution in [0.2, 0.25) is 0 Å². The van der Waals surface area contributed by atoms with Gasteiger partial charge in [0, 0.05) is 0 Å². The predicted octanol–water partition coefficient (Wildman–Crippen LogP) is 3.40. The molecule has 0 heterocycles. The zero-order valence-electron chi connectivity index (χ0n) is 10.9. The summed E-state index contributed by atoms with van der Waals surface area (Å²) in [5.41, 5.74) is 1.96. The number of rotatable bonds is 4. The molecule has 0 fully saturated rings. The second-order valence-corrected chi connectivity index (χ2v) is 4.33. The van der Waals surface area contributed by atoms with Crippen molar-refractivity contribution < 1.29 is 13.9 Å². The van der Waals surface area contributed by atoms with Crippen LogP contribution in [0, 0.1) is 24.1 Å². The van der Waals surface area contributed by atoms with Crippen LogP contribution in [-0.4, -0.2) is 6.29 Å². The Labute approximate surface area is 116 Å². The highest BCUT2D eigenvalue weighted by Gasteiger charge is 2.08. The molecule has 0 spiro atoms. The smallest absolute Gasteiger partial charge is 0.153 e. The van der Waals surface area contributed by atoms with Gasteiger partial charge >= 0.3 is 0 Å². The molecule has 0 amide bonds. The number of aldehydes is 1. The second-order valence-electron chi connectivity index (χ2n) is 4.33. The van der Waals surface area contributed by atoms with E-state index in [0.29, 0.717) is 16.9 Å². The summed E-state index contributed by atoms with van der Waals surface area (Å²) in [6, 6.07) is 11.3. The number of para-hydroxylation sites is 1. The van der Waals surface area contributed by atoms with E-state index >= 15 is 0 Å². The van der Waals surface area contributed by atoms with Crippen molar-refractivity contribution in [3.8, 4) is 11.8 Å². The maximum absolute atomic E-state index is 13.2. The average molecular weight is 269 g/mol. The molecule has 0 N–H and O–H groups in total. The lowest BCUT2D eigenvalue weighted by Gasteiger charge is -2.11. The molecule has 2 rings (SSSR count). The number of hydrogen-bond acceptors (Lipinski definition) is 3. The van der Waals surface area contributed by atoms with Crippen molar-refractivity contribution in [2.45, 2.75) is 13.5 Å². The molecule has 0 aliphatic carbocycles. The van der Waals surface area contributed by atoms with Gasteiger partial charge in [-0.2, -0.15) is 5.26 Å². The van der Waals surface area contributed by atoms with E-state index in [1.54, 1.807) is 24.3 Å². The summed E-state index contributed by atoms with van der Waals surface area (Å²) in [5, 5.41) is 8.78. The van der Waals surface area contributed by atoms with Crippen molar-refractivity contribution in [1.82, 2.24) is 0 Å². The molecule has 20 heavy (non-hydrogen) atoms. The lowest BCUT2D eigenvalue weighted by atomic mass is 10.1. The number of halogens is 1. The predicted molar refractivity (Wildman–Crippen MR) is 72.0 cm³/mol. The summed E-state index contributed by atoms with van der Waals surface area (Å²) < 4.78 is 18.8. The van der Waals surface area contributed by atoms with Gasteiger partial charge < -0.3 is 4.74 Å². The fourth-order valence-electron chi connectivity index (χ4n) is 1.87. The van der Waals surface area contributed by atoms with E-state index in [-0.39, 0.29) is 12.2 Å². The highest BCUT2D eigenvalue weighted by molar-refractivity contribution is 5.80. The van der Waals surface area contributed by atoms with E-state index in [9.17, 15) is 9.18 Å². The van der Waals surface area contributed by atoms with Crippen molar-refractivity contribution in [3.05, 3.63) is 64.5 Å². The van der Waals surface area contributed by atoms with E-state index in [0.717, 1.165) is 11.8 Å². The monoisotopic (exact) mass is 269 g/mol. The Morgan fingerprint density at radius 2 is 2.15 bits per heavy atom. The van der Waals surface area contributed by atoms with E-state index in [4.69, 9.17) is 10.00 Å². The van der Waals surface area contributed by atoms with Crippen LogP contribution in [0.3, 0.4) is 0 Å². The van der Waals surface area contributed by atoms with Crippen molar-refractivity contribution >= 4 is 6.29 Å². The molecule has 0 unspecified atom stereocenters. The van der Waals surface area contributed by atoms with Crippen LogP contribution in [-0.2, 0) is 6.61 Å². The van der Waals surface area contributed by atoms with Crippen LogP contribution in [0.15, 0.2) is 36.4 Å². The van der Waals surface area contributed by atoms with Crippen molar-refractivity contribution in [3.63, 3.8) is 0 Å². The minimum atomic E-state index is -0.555. The Morgan fingerprint density at radius 3 is 2.85 bits per heavy atom. The summed E-state index contributed by atoms with van der Waals surface area (Å²) in [5.74, 6) is -0.0499. The molecule has 0 aromatic heterocycles. The molecule has 0 saturated carbocycles. The molecular formula is C16H12FNO2. The number of carbonyl (C=O) groups excluding carboxylic acids is 1. The Bertz CT molecular complexity index is 689. The number of carbonyl (C=O) groups is 1. The third-order valence-electron chi connectivity index (χ3n) is 2.90. The molecule has 0 saturated heterocycles. The van der Waals surface area contributed by atoms with Crippen molar-refractivity contribution in [2.75, 3.05) is 0 Å². The zero-order chi connectivity index (χ0) is 14.5. The molecule has 3 nitrogen and oxygen atoms in total. The third-order valence-corrected chi connectivity index (χ3v) is 2.90. The first-order valence-corrected chi connectivity index (χ1v) is 6.02. The SMILES string of the molecule is Cc1cccc(C=O)c1OCc1ccc(F)c(C#N)c1. The number of aryl methyl sites for hydroxylation is 1. The van der Waals surface area contributed by atoms with Gasteiger partial charge in [-0.25, -0.2) is 4.39 Å². The van der Waals surface area contributed by atoms with Crippen LogP contribution in [0.5, 0.6) is 5.75 Å². The maximum atomic E-state index is 13.2. The molecule has 0 aliphatic heterocycles. The lowest BCUT2D eigenvalue weighted by molar-refractivity contribution is 0.111. The standard InChI is InChI=1S/C16H12FNO2/c1-11-3-2-4-13(9-19)16(11)20-10-12-5-6-15(17)14(7-12)8-18/h2-7,9H,10H2,1H3. The highest BCUT2D eigenvalue weighted by Crippen LogP contribution is 2.23. The van der Waals surface area contributed by atoms with Crippen LogP contribution in [0.1, 0.15) is 27.0 Å². The largest absolute Gasteiger partial charge is 0.488 e. The number of ether oxygens (including phenoxy) is 1. The van der Waals surface area contributed by atoms with Gasteiger partial charge in [0.15, 0.2) is 6.29 Å². The lowest BCUT2D eigenvalue weighted by Crippen LogP contribution is -2.01. The highest BCUT2D eigenvalue weighted by atomic mass is 19.1. The second kappa shape index (κ2) is 5.98. The van der Waals surface area contributed by atoms with Crippen molar-refractivity contribution in [1.29, 1.82) is 5.26 Å². The van der Waals surface area contributed by atoms with E-state index in [1.165, 1.54) is 12.1 Å². The topological polar surface area (TPSA) is 50.1 Å². The molecular weight excluding hydrogens is 257 g/mol. The normalized spacial score (nSPS) is 9.85. The fourth-order valence-corrected chi connectivity index (χ4v) is 1.87. The van der Waals surface area contributed by atoms with Gasteiger partial charge in [-0.1, -0.05) is 18.2 Å². The number of benzene rings is 2. The van der Waals surface area contributed by atoms with E-state index < -0.39 is 5.82 Å². The first-order valence-electron chi connectivity index (χ1n) is 6.02. The quantitative estimate of drug-likeness (QED) is 0.799. The third kappa shape index (κ3) is 2.83. The van der Waals surface area contributed by atoms with E-state index in [2.05, 4.69) is 0 Å². The van der Waals surface area contributed by atoms with Crippen LogP contribution in [0.4, 0.5) is 4.39 Å². The Balaban J connectivity index is 2.21. The van der Waals surface area contributed by atoms with Gasteiger partial charge in [0.25, 0.3) is 0 Å². The summed E-state index contributed by atoms with van der Waals surface area (Å²) >= 11 is 0. The average Bonchev–Trinajstić information content (AvgIpc) is 2.47. The van der Waals surface area contributed by atoms with Gasteiger partial charge in [-0.15, -0.1) is 0 Å². The summed E-state index contributed by atoms with van der Waals surface area (Å²) in [6.07, 6.45) is 0.730. The van der Waals surface area contributed by atoms with Gasteiger partial charge in [0.1, 0.15) is 24.2 Å². The molecule has 0 atom stereocenters. The maximum Gasteiger partial charge on any atom is 0.153 e. The number of nitriles is 1. The first kappa shape index (κ1) is 13.8. The van der Waals surface area contributed by atoms with Gasteiger partial charge in [0.2, 0.25) is 0 Å². The van der Waals surface area contributed by atoms with Gasteiger partial charge in [-0.05, 0) is 36.2 Å². The summed E-state index contributed by atoms with van der Waals surface area (Å²) in [7, 11) is 0. The van der Waals surface area contributed by atoms with E-state index in [1.807, 2.05) is 13.0 Å². The Hall–Kier alpha value is -2.67. The molecule has 0 radical (unpaired) electrons. The molecule has 2 aromatic carbocycles. The van der Waals surface area contributed by atoms with Gasteiger partial charge in [0.05, 0.1) is 11.1 Å². The van der Waals surface area contributed by atoms with Gasteiger partial charge in [-0.3, -0.25) is 4.79 Å². The molecule has 4 heteroatoms. The first-order chi connectivity index (χ1) is 9.65. The van der Waals surface area contributed by atoms with Crippen LogP contribution < -0.4 is 4.74 Å². The molecule has 0 aliphatic rings. The molecule has 100 valence electrons. The minimum Gasteiger partial charge on any atom is -0.488 e. The molecule has 0 bridgehead atoms. The Morgan fingerprint density at radius 1 is 1.35 bits per heavy atom. The Kier molecular flexibility index (Phi) is 4.11. The minimum absolute atomic E-state index is 0.0218. The summed E-state index contributed by atoms with van der Waals surface area (Å²) in [6.45, 7) is 2.01. The van der Waals surface area contributed by atoms with Crippen LogP contribution >= 0.6 is 0 Å². The molecule has 2 aromatic rings. The number of nitrogens with zero attached hydrogens (tertiary/aromatic N) is 1. The van der Waals surface area contributed by atoms with Crippen LogP contribution in [0.25, 0.3) is 0 Å². The van der Waals surface area contributed by atoms with Crippen molar-refractivity contribution in [2.24, 2.45) is 0 Å². The fraction of sp³-hybridized carbons (Fsp3) is 0.125. The summed E-state index contributed by atoms with van der Waals surface area (Å²) in [4.78, 5) is 11.0. The number of hydrogen-bond donors (Lipinski definition) is 0. The zero-order valence-corrected chi connectivity index (χ0v) is 10.9.